The highest BCUT2D eigenvalue weighted by atomic mass is 35.5. The summed E-state index contributed by atoms with van der Waals surface area (Å²) in [5, 5.41) is 11.8. The van der Waals surface area contributed by atoms with Crippen molar-refractivity contribution < 1.29 is 22.7 Å². The van der Waals surface area contributed by atoms with Gasteiger partial charge in [0.2, 0.25) is 0 Å². The highest BCUT2D eigenvalue weighted by molar-refractivity contribution is 6.34. The third-order valence-electron chi connectivity index (χ3n) is 4.47. The van der Waals surface area contributed by atoms with Crippen LogP contribution in [0.5, 0.6) is 0 Å². The van der Waals surface area contributed by atoms with Gasteiger partial charge in [-0.1, -0.05) is 11.6 Å². The van der Waals surface area contributed by atoms with Crippen LogP contribution in [0.25, 0.3) is 0 Å². The van der Waals surface area contributed by atoms with Crippen LogP contribution in [0.1, 0.15) is 18.1 Å². The lowest BCUT2D eigenvalue weighted by Crippen LogP contribution is -2.32. The lowest BCUT2D eigenvalue weighted by molar-refractivity contribution is -0.137. The number of halogens is 4. The average molecular weight is 425 g/mol. The SMILES string of the molecule is C[C@H]1O[C@H](C(=O)Nc2ccc(N)cc2Cl)CN1c1ccc(C#N)c(C(F)(F)F)c1. The molecule has 0 unspecified atom stereocenters. The first-order valence-electron chi connectivity index (χ1n) is 8.49. The molecule has 1 amide bonds. The minimum absolute atomic E-state index is 0.0305. The fourth-order valence-corrected chi connectivity index (χ4v) is 3.27. The molecular weight excluding hydrogens is 409 g/mol. The number of nitrogens with zero attached hydrogens (tertiary/aromatic N) is 2. The number of hydrogen-bond donors (Lipinski definition) is 2. The summed E-state index contributed by atoms with van der Waals surface area (Å²) in [6.07, 6.45) is -6.25. The smallest absolute Gasteiger partial charge is 0.399 e. The molecule has 2 aromatic carbocycles. The number of carbonyl (C=O) groups excluding carboxylic acids is 1. The van der Waals surface area contributed by atoms with E-state index in [-0.39, 0.29) is 17.3 Å². The van der Waals surface area contributed by atoms with Crippen molar-refractivity contribution in [3.63, 3.8) is 0 Å². The summed E-state index contributed by atoms with van der Waals surface area (Å²) < 4.78 is 45.3. The highest BCUT2D eigenvalue weighted by Gasteiger charge is 2.38. The zero-order valence-electron chi connectivity index (χ0n) is 15.1. The largest absolute Gasteiger partial charge is 0.417 e. The predicted octanol–water partition coefficient (Wildman–Crippen LogP) is 4.00. The number of hydrogen-bond acceptors (Lipinski definition) is 5. The molecule has 29 heavy (non-hydrogen) atoms. The zero-order chi connectivity index (χ0) is 21.3. The van der Waals surface area contributed by atoms with E-state index in [9.17, 15) is 18.0 Å². The van der Waals surface area contributed by atoms with Crippen molar-refractivity contribution in [1.29, 1.82) is 5.26 Å². The molecule has 1 fully saturated rings. The summed E-state index contributed by atoms with van der Waals surface area (Å²) in [4.78, 5) is 14.0. The van der Waals surface area contributed by atoms with E-state index in [0.29, 0.717) is 11.4 Å². The monoisotopic (exact) mass is 424 g/mol. The first-order valence-corrected chi connectivity index (χ1v) is 8.87. The summed E-state index contributed by atoms with van der Waals surface area (Å²) in [6, 6.07) is 9.52. The molecular formula is C19H16ClF3N4O2. The van der Waals surface area contributed by atoms with E-state index in [2.05, 4.69) is 5.32 Å². The molecule has 3 rings (SSSR count). The number of nitrogen functional groups attached to an aromatic ring is 1. The van der Waals surface area contributed by atoms with Crippen LogP contribution in [-0.4, -0.2) is 24.8 Å². The highest BCUT2D eigenvalue weighted by Crippen LogP contribution is 2.36. The van der Waals surface area contributed by atoms with E-state index in [1.807, 2.05) is 0 Å². The Kier molecular flexibility index (Phi) is 5.59. The van der Waals surface area contributed by atoms with Gasteiger partial charge >= 0.3 is 6.18 Å². The molecule has 2 aromatic rings. The second kappa shape index (κ2) is 7.81. The van der Waals surface area contributed by atoms with E-state index in [1.165, 1.54) is 23.1 Å². The Bertz CT molecular complexity index is 990. The first-order chi connectivity index (χ1) is 13.6. The van der Waals surface area contributed by atoms with Gasteiger partial charge in [0.1, 0.15) is 6.23 Å². The molecule has 0 radical (unpaired) electrons. The molecule has 0 saturated carbocycles. The molecule has 0 aliphatic carbocycles. The molecule has 2 atom stereocenters. The number of nitrogens with two attached hydrogens (primary N) is 1. The molecule has 6 nitrogen and oxygen atoms in total. The number of alkyl halides is 3. The third kappa shape index (κ3) is 4.39. The van der Waals surface area contributed by atoms with Crippen LogP contribution in [-0.2, 0) is 15.7 Å². The topological polar surface area (TPSA) is 91.4 Å². The van der Waals surface area contributed by atoms with E-state index >= 15 is 0 Å². The number of amides is 1. The lowest BCUT2D eigenvalue weighted by Gasteiger charge is -2.23. The molecule has 3 N–H and O–H groups in total. The van der Waals surface area contributed by atoms with Crippen LogP contribution >= 0.6 is 11.6 Å². The van der Waals surface area contributed by atoms with Crippen molar-refractivity contribution in [3.8, 4) is 6.07 Å². The number of carbonyl (C=O) groups is 1. The van der Waals surface area contributed by atoms with E-state index in [1.54, 1.807) is 19.1 Å². The fourth-order valence-electron chi connectivity index (χ4n) is 3.03. The summed E-state index contributed by atoms with van der Waals surface area (Å²) in [5.74, 6) is -0.490. The molecule has 1 aliphatic rings. The van der Waals surface area contributed by atoms with Crippen molar-refractivity contribution in [2.45, 2.75) is 25.4 Å². The van der Waals surface area contributed by atoms with E-state index < -0.39 is 35.5 Å². The Hall–Kier alpha value is -2.96. The lowest BCUT2D eigenvalue weighted by atomic mass is 10.1. The molecule has 152 valence electrons. The minimum atomic E-state index is -4.67. The van der Waals surface area contributed by atoms with Gasteiger partial charge in [-0.15, -0.1) is 0 Å². The molecule has 0 bridgehead atoms. The molecule has 10 heteroatoms. The van der Waals surface area contributed by atoms with Crippen LogP contribution < -0.4 is 16.0 Å². The average Bonchev–Trinajstić information content (AvgIpc) is 3.04. The summed E-state index contributed by atoms with van der Waals surface area (Å²) >= 11 is 6.04. The van der Waals surface area contributed by atoms with Gasteiger partial charge in [0.25, 0.3) is 5.91 Å². The van der Waals surface area contributed by atoms with Crippen molar-refractivity contribution >= 4 is 34.6 Å². The number of anilines is 3. The predicted molar refractivity (Wildman–Crippen MR) is 102 cm³/mol. The molecule has 1 heterocycles. The summed E-state index contributed by atoms with van der Waals surface area (Å²) in [6.45, 7) is 1.65. The van der Waals surface area contributed by atoms with Crippen molar-refractivity contribution in [2.75, 3.05) is 22.5 Å². The second-order valence-electron chi connectivity index (χ2n) is 6.44. The maximum atomic E-state index is 13.2. The van der Waals surface area contributed by atoms with Gasteiger partial charge in [0.05, 0.1) is 34.5 Å². The number of benzene rings is 2. The van der Waals surface area contributed by atoms with Gasteiger partial charge in [-0.3, -0.25) is 4.79 Å². The zero-order valence-corrected chi connectivity index (χ0v) is 15.9. The number of nitriles is 1. The van der Waals surface area contributed by atoms with Crippen LogP contribution in [0.15, 0.2) is 36.4 Å². The Labute approximate surface area is 169 Å². The van der Waals surface area contributed by atoms with E-state index in [4.69, 9.17) is 27.3 Å². The number of ether oxygens (including phenoxy) is 1. The van der Waals surface area contributed by atoms with Crippen molar-refractivity contribution in [2.24, 2.45) is 0 Å². The maximum Gasteiger partial charge on any atom is 0.417 e. The van der Waals surface area contributed by atoms with Crippen molar-refractivity contribution in [3.05, 3.63) is 52.5 Å². The van der Waals surface area contributed by atoms with Crippen LogP contribution in [0.2, 0.25) is 5.02 Å². The number of nitrogens with one attached hydrogen (secondary N) is 1. The fraction of sp³-hybridized carbons (Fsp3) is 0.263. The van der Waals surface area contributed by atoms with E-state index in [0.717, 1.165) is 12.1 Å². The van der Waals surface area contributed by atoms with Gasteiger partial charge in [-0.05, 0) is 43.3 Å². The summed E-state index contributed by atoms with van der Waals surface area (Å²) in [5.41, 5.74) is 5.09. The van der Waals surface area contributed by atoms with Gasteiger partial charge in [-0.25, -0.2) is 0 Å². The van der Waals surface area contributed by atoms with Gasteiger partial charge in [0.15, 0.2) is 6.10 Å². The molecule has 0 aromatic heterocycles. The van der Waals surface area contributed by atoms with Gasteiger partial charge < -0.3 is 20.7 Å². The van der Waals surface area contributed by atoms with Crippen LogP contribution in [0.4, 0.5) is 30.2 Å². The normalized spacial score (nSPS) is 19.1. The summed E-state index contributed by atoms with van der Waals surface area (Å²) in [7, 11) is 0. The van der Waals surface area contributed by atoms with Gasteiger partial charge in [-0.2, -0.15) is 18.4 Å². The Balaban J connectivity index is 1.79. The van der Waals surface area contributed by atoms with Crippen LogP contribution in [0.3, 0.4) is 0 Å². The molecule has 1 aliphatic heterocycles. The Morgan fingerprint density at radius 1 is 1.34 bits per heavy atom. The molecule has 1 saturated heterocycles. The first kappa shape index (κ1) is 20.8. The maximum absolute atomic E-state index is 13.2. The standard InChI is InChI=1S/C19H16ClF3N4O2/c1-10-27(13-4-2-11(8-24)14(7-13)19(21,22)23)9-17(29-10)18(28)26-16-5-3-12(25)6-15(16)20/h2-7,10,17H,9,25H2,1H3,(H,26,28)/t10-,17+/m1/s1. The van der Waals surface area contributed by atoms with Crippen LogP contribution in [0, 0.1) is 11.3 Å². The Morgan fingerprint density at radius 3 is 2.69 bits per heavy atom. The minimum Gasteiger partial charge on any atom is -0.399 e. The van der Waals surface area contributed by atoms with Gasteiger partial charge in [0, 0.05) is 11.4 Å². The quantitative estimate of drug-likeness (QED) is 0.726. The Morgan fingerprint density at radius 2 is 2.07 bits per heavy atom. The molecule has 0 spiro atoms. The van der Waals surface area contributed by atoms with Crippen molar-refractivity contribution in [1.82, 2.24) is 0 Å². The third-order valence-corrected chi connectivity index (χ3v) is 4.78. The second-order valence-corrected chi connectivity index (χ2v) is 6.85. The number of rotatable bonds is 3.